The lowest BCUT2D eigenvalue weighted by Gasteiger charge is -2.05. The molecule has 1 aromatic heterocycles. The molecule has 2 rings (SSSR count). The van der Waals surface area contributed by atoms with Crippen molar-refractivity contribution in [3.8, 4) is 0 Å². The Labute approximate surface area is 136 Å². The molecule has 5 heteroatoms. The van der Waals surface area contributed by atoms with E-state index in [4.69, 9.17) is 10.5 Å². The van der Waals surface area contributed by atoms with Gasteiger partial charge >= 0.3 is 6.09 Å². The molecule has 1 heterocycles. The average molecular weight is 311 g/mol. The van der Waals surface area contributed by atoms with Crippen molar-refractivity contribution < 1.29 is 9.53 Å². The molecular weight excluding hydrogens is 290 g/mol. The van der Waals surface area contributed by atoms with Crippen LogP contribution >= 0.6 is 0 Å². The van der Waals surface area contributed by atoms with Gasteiger partial charge in [0.2, 0.25) is 0 Å². The van der Waals surface area contributed by atoms with Crippen molar-refractivity contribution in [2.24, 2.45) is 0 Å². The summed E-state index contributed by atoms with van der Waals surface area (Å²) in [5, 5.41) is 2.71. The third kappa shape index (κ3) is 5.82. The Morgan fingerprint density at radius 1 is 1.26 bits per heavy atom. The van der Waals surface area contributed by atoms with E-state index in [0.29, 0.717) is 18.7 Å². The number of aryl methyl sites for hydroxylation is 1. The number of nitrogens with one attached hydrogen (secondary N) is 1. The van der Waals surface area contributed by atoms with Crippen molar-refractivity contribution in [1.29, 1.82) is 0 Å². The maximum absolute atomic E-state index is 11.5. The number of nitrogens with zero attached hydrogens (tertiary/aromatic N) is 1. The van der Waals surface area contributed by atoms with Gasteiger partial charge in [-0.25, -0.2) is 4.79 Å². The lowest BCUT2D eigenvalue weighted by molar-refractivity contribution is 0.140. The minimum Gasteiger partial charge on any atom is -0.445 e. The third-order valence-corrected chi connectivity index (χ3v) is 3.23. The molecule has 3 N–H and O–H groups in total. The molecule has 0 aliphatic heterocycles. The van der Waals surface area contributed by atoms with E-state index in [-0.39, 0.29) is 6.61 Å². The minimum atomic E-state index is -0.413. The molecule has 5 nitrogen and oxygen atoms in total. The number of anilines is 1. The van der Waals surface area contributed by atoms with Gasteiger partial charge in [0.25, 0.3) is 0 Å². The Balaban J connectivity index is 1.65. The van der Waals surface area contributed by atoms with Crippen LogP contribution in [0.15, 0.2) is 48.5 Å². The number of hydrogen-bond donors (Lipinski definition) is 2. The van der Waals surface area contributed by atoms with Gasteiger partial charge in [-0.05, 0) is 37.1 Å². The van der Waals surface area contributed by atoms with E-state index in [2.05, 4.69) is 10.3 Å². The van der Waals surface area contributed by atoms with Crippen LogP contribution in [0.5, 0.6) is 0 Å². The molecule has 1 amide bonds. The van der Waals surface area contributed by atoms with Crippen molar-refractivity contribution in [2.75, 3.05) is 12.3 Å². The maximum Gasteiger partial charge on any atom is 0.407 e. The summed E-state index contributed by atoms with van der Waals surface area (Å²) in [7, 11) is 0. The second-order valence-electron chi connectivity index (χ2n) is 5.09. The molecule has 0 fully saturated rings. The number of ether oxygens (including phenoxy) is 1. The molecule has 0 aliphatic carbocycles. The van der Waals surface area contributed by atoms with Gasteiger partial charge in [0, 0.05) is 6.54 Å². The summed E-state index contributed by atoms with van der Waals surface area (Å²) < 4.78 is 5.12. The van der Waals surface area contributed by atoms with E-state index in [1.165, 1.54) is 0 Å². The van der Waals surface area contributed by atoms with Crippen molar-refractivity contribution in [3.63, 3.8) is 0 Å². The molecule has 0 aliphatic rings. The van der Waals surface area contributed by atoms with E-state index in [1.807, 2.05) is 61.5 Å². The van der Waals surface area contributed by atoms with Crippen molar-refractivity contribution in [2.45, 2.75) is 20.0 Å². The van der Waals surface area contributed by atoms with Gasteiger partial charge in [-0.15, -0.1) is 0 Å². The van der Waals surface area contributed by atoms with Crippen LogP contribution in [0.3, 0.4) is 0 Å². The number of carbonyl (C=O) groups is 1. The normalized spacial score (nSPS) is 10.7. The smallest absolute Gasteiger partial charge is 0.407 e. The molecule has 0 spiro atoms. The fourth-order valence-corrected chi connectivity index (χ4v) is 1.92. The summed E-state index contributed by atoms with van der Waals surface area (Å²) in [6.45, 7) is 2.66. The highest BCUT2D eigenvalue weighted by molar-refractivity contribution is 5.67. The summed E-state index contributed by atoms with van der Waals surface area (Å²) in [5.74, 6) is 0. The first kappa shape index (κ1) is 16.5. The number of amides is 1. The van der Waals surface area contributed by atoms with E-state index in [1.54, 1.807) is 0 Å². The van der Waals surface area contributed by atoms with Gasteiger partial charge in [-0.2, -0.15) is 0 Å². The first-order valence-electron chi connectivity index (χ1n) is 7.49. The number of rotatable bonds is 6. The standard InChI is InChI=1S/C18H21N3O2/c1-14-17(19)11-10-16(21-14)9-5-6-12-20-18(22)23-13-15-7-3-2-4-8-15/h2-5,7-11H,6,12-13,19H2,1H3,(H,20,22). The molecular formula is C18H21N3O2. The highest BCUT2D eigenvalue weighted by atomic mass is 16.5. The van der Waals surface area contributed by atoms with Gasteiger partial charge in [-0.3, -0.25) is 4.98 Å². The van der Waals surface area contributed by atoms with E-state index < -0.39 is 6.09 Å². The fraction of sp³-hybridized carbons (Fsp3) is 0.222. The number of pyridine rings is 1. The van der Waals surface area contributed by atoms with Crippen LogP contribution < -0.4 is 11.1 Å². The van der Waals surface area contributed by atoms with Crippen LogP contribution in [0.1, 0.15) is 23.4 Å². The molecule has 0 saturated heterocycles. The average Bonchev–Trinajstić information content (AvgIpc) is 2.57. The SMILES string of the molecule is Cc1nc(C=CCCNC(=O)OCc2ccccc2)ccc1N. The van der Waals surface area contributed by atoms with E-state index in [9.17, 15) is 4.79 Å². The summed E-state index contributed by atoms with van der Waals surface area (Å²) in [6, 6.07) is 13.3. The first-order valence-corrected chi connectivity index (χ1v) is 7.49. The summed E-state index contributed by atoms with van der Waals surface area (Å²) in [4.78, 5) is 15.9. The molecule has 2 aromatic rings. The molecule has 0 saturated carbocycles. The highest BCUT2D eigenvalue weighted by Crippen LogP contribution is 2.09. The molecule has 0 unspecified atom stereocenters. The van der Waals surface area contributed by atoms with Gasteiger partial charge in [-0.1, -0.05) is 36.4 Å². The molecule has 0 atom stereocenters. The minimum absolute atomic E-state index is 0.275. The van der Waals surface area contributed by atoms with Crippen LogP contribution in [-0.2, 0) is 11.3 Å². The highest BCUT2D eigenvalue weighted by Gasteiger charge is 2.00. The van der Waals surface area contributed by atoms with Crippen LogP contribution in [0.2, 0.25) is 0 Å². The molecule has 1 aromatic carbocycles. The number of carbonyl (C=O) groups excluding carboxylic acids is 1. The summed E-state index contributed by atoms with van der Waals surface area (Å²) in [6.07, 6.45) is 4.15. The monoisotopic (exact) mass is 311 g/mol. The van der Waals surface area contributed by atoms with E-state index >= 15 is 0 Å². The Kier molecular flexibility index (Phi) is 6.17. The summed E-state index contributed by atoms with van der Waals surface area (Å²) >= 11 is 0. The third-order valence-electron chi connectivity index (χ3n) is 3.23. The van der Waals surface area contributed by atoms with Gasteiger partial charge in [0.1, 0.15) is 6.61 Å². The number of nitrogen functional groups attached to an aromatic ring is 1. The Morgan fingerprint density at radius 2 is 2.04 bits per heavy atom. The molecule has 23 heavy (non-hydrogen) atoms. The van der Waals surface area contributed by atoms with Crippen molar-refractivity contribution in [3.05, 3.63) is 65.5 Å². The fourth-order valence-electron chi connectivity index (χ4n) is 1.92. The van der Waals surface area contributed by atoms with Crippen LogP contribution in [0.25, 0.3) is 6.08 Å². The van der Waals surface area contributed by atoms with E-state index in [0.717, 1.165) is 17.0 Å². The molecule has 0 radical (unpaired) electrons. The van der Waals surface area contributed by atoms with Gasteiger partial charge in [0.15, 0.2) is 0 Å². The topological polar surface area (TPSA) is 77.2 Å². The second-order valence-corrected chi connectivity index (χ2v) is 5.09. The lowest BCUT2D eigenvalue weighted by atomic mass is 10.2. The summed E-state index contributed by atoms with van der Waals surface area (Å²) in [5.41, 5.74) is 9.04. The quantitative estimate of drug-likeness (QED) is 0.802. The number of benzene rings is 1. The van der Waals surface area contributed by atoms with Crippen molar-refractivity contribution >= 4 is 17.9 Å². The Bertz CT molecular complexity index is 669. The number of aromatic nitrogens is 1. The Morgan fingerprint density at radius 3 is 2.78 bits per heavy atom. The number of hydrogen-bond acceptors (Lipinski definition) is 4. The zero-order valence-corrected chi connectivity index (χ0v) is 13.2. The number of alkyl carbamates (subject to hydrolysis) is 1. The van der Waals surface area contributed by atoms with Gasteiger partial charge < -0.3 is 15.8 Å². The van der Waals surface area contributed by atoms with Crippen LogP contribution in [0, 0.1) is 6.92 Å². The first-order chi connectivity index (χ1) is 11.1. The molecule has 0 bridgehead atoms. The van der Waals surface area contributed by atoms with Crippen LogP contribution in [0.4, 0.5) is 10.5 Å². The lowest BCUT2D eigenvalue weighted by Crippen LogP contribution is -2.24. The van der Waals surface area contributed by atoms with Crippen molar-refractivity contribution in [1.82, 2.24) is 10.3 Å². The molecule has 120 valence electrons. The number of nitrogens with two attached hydrogens (primary N) is 1. The maximum atomic E-state index is 11.5. The second kappa shape index (κ2) is 8.58. The van der Waals surface area contributed by atoms with Gasteiger partial charge in [0.05, 0.1) is 17.1 Å². The van der Waals surface area contributed by atoms with Crippen LogP contribution in [-0.4, -0.2) is 17.6 Å². The zero-order chi connectivity index (χ0) is 16.5. The predicted molar refractivity (Wildman–Crippen MR) is 91.7 cm³/mol. The Hall–Kier alpha value is -2.82. The largest absolute Gasteiger partial charge is 0.445 e. The zero-order valence-electron chi connectivity index (χ0n) is 13.2. The predicted octanol–water partition coefficient (Wildman–Crippen LogP) is 3.30.